The fraction of sp³-hybridized carbons (Fsp3) is 1.00. The van der Waals surface area contributed by atoms with Gasteiger partial charge in [-0.05, 0) is 5.41 Å². The first-order valence-electron chi connectivity index (χ1n) is 3.66. The van der Waals surface area contributed by atoms with Crippen molar-refractivity contribution in [3.05, 3.63) is 0 Å². The summed E-state index contributed by atoms with van der Waals surface area (Å²) in [6.07, 6.45) is 0. The highest BCUT2D eigenvalue weighted by Crippen LogP contribution is 2.45. The Morgan fingerprint density at radius 2 is 1.90 bits per heavy atom. The second kappa shape index (κ2) is 2.49. The molecule has 1 fully saturated rings. The number of ether oxygens (including phenoxy) is 1. The second-order valence-corrected chi connectivity index (χ2v) is 4.72. The maximum Gasteiger partial charge on any atom is 0.0557 e. The number of hydrogen-bond donors (Lipinski definition) is 0. The van der Waals surface area contributed by atoms with Crippen molar-refractivity contribution < 1.29 is 4.74 Å². The predicted molar refractivity (Wildman–Crippen MR) is 46.5 cm³/mol. The summed E-state index contributed by atoms with van der Waals surface area (Å²) in [4.78, 5) is 0. The van der Waals surface area contributed by atoms with Gasteiger partial charge in [-0.3, -0.25) is 0 Å². The first kappa shape index (κ1) is 8.54. The number of hydrogen-bond acceptors (Lipinski definition) is 1. The Morgan fingerprint density at radius 1 is 1.40 bits per heavy atom. The molecular weight excluding hydrogens is 192 g/mol. The van der Waals surface area contributed by atoms with Gasteiger partial charge in [0.15, 0.2) is 0 Å². The highest BCUT2D eigenvalue weighted by molar-refractivity contribution is 9.09. The van der Waals surface area contributed by atoms with Crippen LogP contribution in [0.4, 0.5) is 0 Å². The van der Waals surface area contributed by atoms with Crippen molar-refractivity contribution in [2.24, 2.45) is 10.8 Å². The van der Waals surface area contributed by atoms with Gasteiger partial charge in [-0.2, -0.15) is 0 Å². The third kappa shape index (κ3) is 1.12. The molecule has 0 bridgehead atoms. The lowest BCUT2D eigenvalue weighted by atomic mass is 9.66. The molecule has 0 unspecified atom stereocenters. The average Bonchev–Trinajstić information content (AvgIpc) is 1.58. The highest BCUT2D eigenvalue weighted by Gasteiger charge is 2.47. The molecule has 2 heteroatoms. The maximum atomic E-state index is 5.23. The van der Waals surface area contributed by atoms with E-state index in [0.717, 1.165) is 18.5 Å². The Morgan fingerprint density at radius 3 is 1.90 bits per heavy atom. The fourth-order valence-electron chi connectivity index (χ4n) is 1.06. The summed E-state index contributed by atoms with van der Waals surface area (Å²) in [5, 5.41) is 1.06. The van der Waals surface area contributed by atoms with E-state index in [1.807, 2.05) is 0 Å². The highest BCUT2D eigenvalue weighted by atomic mass is 79.9. The first-order valence-corrected chi connectivity index (χ1v) is 4.78. The van der Waals surface area contributed by atoms with Crippen molar-refractivity contribution in [3.63, 3.8) is 0 Å². The van der Waals surface area contributed by atoms with Crippen LogP contribution in [0.15, 0.2) is 0 Å². The lowest BCUT2D eigenvalue weighted by Gasteiger charge is -2.50. The Bertz CT molecular complexity index is 116. The van der Waals surface area contributed by atoms with Gasteiger partial charge in [-0.15, -0.1) is 0 Å². The zero-order valence-electron chi connectivity index (χ0n) is 6.91. The van der Waals surface area contributed by atoms with Crippen molar-refractivity contribution in [1.82, 2.24) is 0 Å². The summed E-state index contributed by atoms with van der Waals surface area (Å²) in [6, 6.07) is 0. The van der Waals surface area contributed by atoms with E-state index < -0.39 is 0 Å². The third-order valence-corrected chi connectivity index (χ3v) is 3.68. The molecule has 0 N–H and O–H groups in total. The molecule has 1 nitrogen and oxygen atoms in total. The van der Waals surface area contributed by atoms with Crippen molar-refractivity contribution in [3.8, 4) is 0 Å². The number of alkyl halides is 1. The quantitative estimate of drug-likeness (QED) is 0.600. The molecule has 0 aromatic heterocycles. The molecule has 0 atom stereocenters. The van der Waals surface area contributed by atoms with Gasteiger partial charge in [0.05, 0.1) is 13.2 Å². The first-order chi connectivity index (χ1) is 4.52. The summed E-state index contributed by atoms with van der Waals surface area (Å²) < 4.78 is 5.23. The molecule has 1 rings (SSSR count). The summed E-state index contributed by atoms with van der Waals surface area (Å²) in [5.41, 5.74) is 0.766. The molecule has 1 saturated heterocycles. The molecular formula is C8H15BrO. The van der Waals surface area contributed by atoms with Crippen LogP contribution >= 0.6 is 15.9 Å². The van der Waals surface area contributed by atoms with Gasteiger partial charge in [0, 0.05) is 10.7 Å². The van der Waals surface area contributed by atoms with Crippen LogP contribution in [0, 0.1) is 10.8 Å². The van der Waals surface area contributed by atoms with Crippen molar-refractivity contribution in [1.29, 1.82) is 0 Å². The molecule has 0 aromatic carbocycles. The summed E-state index contributed by atoms with van der Waals surface area (Å²) in [7, 11) is 0. The fourth-order valence-corrected chi connectivity index (χ4v) is 2.22. The minimum atomic E-state index is 0.370. The van der Waals surface area contributed by atoms with Crippen molar-refractivity contribution in [2.45, 2.75) is 20.8 Å². The van der Waals surface area contributed by atoms with E-state index in [1.54, 1.807) is 0 Å². The smallest absolute Gasteiger partial charge is 0.0557 e. The minimum Gasteiger partial charge on any atom is -0.380 e. The van der Waals surface area contributed by atoms with Crippen LogP contribution in [0.25, 0.3) is 0 Å². The molecule has 0 saturated carbocycles. The normalized spacial score (nSPS) is 24.0. The molecule has 0 aliphatic carbocycles. The molecule has 1 aliphatic heterocycles. The third-order valence-electron chi connectivity index (χ3n) is 2.60. The Balaban J connectivity index is 2.65. The molecule has 0 aromatic rings. The SMILES string of the molecule is CC(C)(C)C1(CBr)COC1. The topological polar surface area (TPSA) is 9.23 Å². The lowest BCUT2D eigenvalue weighted by molar-refractivity contribution is -0.153. The molecule has 1 heterocycles. The van der Waals surface area contributed by atoms with Gasteiger partial charge in [-0.25, -0.2) is 0 Å². The van der Waals surface area contributed by atoms with Crippen LogP contribution in [0.3, 0.4) is 0 Å². The van der Waals surface area contributed by atoms with Crippen molar-refractivity contribution >= 4 is 15.9 Å². The van der Waals surface area contributed by atoms with Crippen LogP contribution in [-0.4, -0.2) is 18.5 Å². The van der Waals surface area contributed by atoms with Gasteiger partial charge in [-0.1, -0.05) is 36.7 Å². The average molecular weight is 207 g/mol. The molecule has 0 amide bonds. The van der Waals surface area contributed by atoms with E-state index in [1.165, 1.54) is 0 Å². The summed E-state index contributed by atoms with van der Waals surface area (Å²) in [6.45, 7) is 8.66. The van der Waals surface area contributed by atoms with E-state index in [9.17, 15) is 0 Å². The minimum absolute atomic E-state index is 0.370. The number of rotatable bonds is 1. The monoisotopic (exact) mass is 206 g/mol. The maximum absolute atomic E-state index is 5.23. The van der Waals surface area contributed by atoms with E-state index in [-0.39, 0.29) is 0 Å². The number of halogens is 1. The summed E-state index contributed by atoms with van der Waals surface area (Å²) in [5.74, 6) is 0. The van der Waals surface area contributed by atoms with Crippen LogP contribution < -0.4 is 0 Å². The molecule has 10 heavy (non-hydrogen) atoms. The molecule has 60 valence electrons. The molecule has 0 spiro atoms. The Hall–Kier alpha value is 0.440. The van der Waals surface area contributed by atoms with Gasteiger partial charge >= 0.3 is 0 Å². The summed E-state index contributed by atoms with van der Waals surface area (Å²) >= 11 is 3.54. The van der Waals surface area contributed by atoms with Gasteiger partial charge in [0.25, 0.3) is 0 Å². The molecule has 0 radical (unpaired) electrons. The van der Waals surface area contributed by atoms with E-state index >= 15 is 0 Å². The standard InChI is InChI=1S/C8H15BrO/c1-7(2,3)8(4-9)5-10-6-8/h4-6H2,1-3H3. The Labute approximate surface area is 71.3 Å². The van der Waals surface area contributed by atoms with Crippen molar-refractivity contribution in [2.75, 3.05) is 18.5 Å². The zero-order valence-corrected chi connectivity index (χ0v) is 8.49. The molecule has 1 aliphatic rings. The lowest BCUT2D eigenvalue weighted by Crippen LogP contribution is -2.53. The van der Waals surface area contributed by atoms with Crippen LogP contribution in [0.1, 0.15) is 20.8 Å². The van der Waals surface area contributed by atoms with E-state index in [0.29, 0.717) is 10.8 Å². The van der Waals surface area contributed by atoms with Gasteiger partial charge in [0.2, 0.25) is 0 Å². The van der Waals surface area contributed by atoms with E-state index in [2.05, 4.69) is 36.7 Å². The van der Waals surface area contributed by atoms with E-state index in [4.69, 9.17) is 4.74 Å². The van der Waals surface area contributed by atoms with Crippen LogP contribution in [0.2, 0.25) is 0 Å². The van der Waals surface area contributed by atoms with Gasteiger partial charge in [0.1, 0.15) is 0 Å². The second-order valence-electron chi connectivity index (χ2n) is 4.16. The zero-order chi connectivity index (χ0) is 7.83. The van der Waals surface area contributed by atoms with Crippen LogP contribution in [-0.2, 0) is 4.74 Å². The van der Waals surface area contributed by atoms with Gasteiger partial charge < -0.3 is 4.74 Å². The Kier molecular flexibility index (Phi) is 2.12. The largest absolute Gasteiger partial charge is 0.380 e. The van der Waals surface area contributed by atoms with Crippen LogP contribution in [0.5, 0.6) is 0 Å². The predicted octanol–water partition coefficient (Wildman–Crippen LogP) is 2.44.